The topological polar surface area (TPSA) is 78.9 Å². The fraction of sp³-hybridized carbons (Fsp3) is 0.776. The third-order valence-electron chi connectivity index (χ3n) is 13.7. The van der Waals surface area contributed by atoms with Crippen molar-refractivity contribution < 1.29 is 28.6 Å². The molecule has 0 spiro atoms. The molecule has 0 amide bonds. The number of hydrogen-bond donors (Lipinski definition) is 0. The van der Waals surface area contributed by atoms with E-state index in [0.29, 0.717) is 19.3 Å². The molecule has 0 aliphatic rings. The van der Waals surface area contributed by atoms with Crippen molar-refractivity contribution >= 4 is 17.9 Å². The van der Waals surface area contributed by atoms with E-state index < -0.39 is 6.10 Å². The van der Waals surface area contributed by atoms with Crippen LogP contribution in [0.4, 0.5) is 0 Å². The van der Waals surface area contributed by atoms with Gasteiger partial charge in [0.15, 0.2) is 6.10 Å². The molecular weight excluding hydrogens is 901 g/mol. The molecule has 0 bridgehead atoms. The second-order valence-corrected chi connectivity index (χ2v) is 20.9. The highest BCUT2D eigenvalue weighted by Gasteiger charge is 2.19. The van der Waals surface area contributed by atoms with E-state index in [1.54, 1.807) is 0 Å². The van der Waals surface area contributed by atoms with Crippen molar-refractivity contribution in [1.82, 2.24) is 0 Å². The van der Waals surface area contributed by atoms with Gasteiger partial charge in [-0.3, -0.25) is 14.4 Å². The third kappa shape index (κ3) is 59.6. The van der Waals surface area contributed by atoms with Crippen molar-refractivity contribution in [3.63, 3.8) is 0 Å². The van der Waals surface area contributed by atoms with Gasteiger partial charge in [-0.2, -0.15) is 0 Å². The van der Waals surface area contributed by atoms with E-state index in [4.69, 9.17) is 14.2 Å². The smallest absolute Gasteiger partial charge is 0.306 e. The number of allylic oxidation sites excluding steroid dienone is 12. The van der Waals surface area contributed by atoms with E-state index in [0.717, 1.165) is 89.9 Å². The Bertz CT molecular complexity index is 1360. The van der Waals surface area contributed by atoms with Crippen LogP contribution in [0.2, 0.25) is 0 Å². The van der Waals surface area contributed by atoms with Gasteiger partial charge >= 0.3 is 17.9 Å². The van der Waals surface area contributed by atoms with Crippen molar-refractivity contribution in [2.24, 2.45) is 0 Å². The summed E-state index contributed by atoms with van der Waals surface area (Å²) in [6, 6.07) is 0. The van der Waals surface area contributed by atoms with Crippen LogP contribution in [0.3, 0.4) is 0 Å². The summed E-state index contributed by atoms with van der Waals surface area (Å²) >= 11 is 0. The van der Waals surface area contributed by atoms with E-state index in [1.165, 1.54) is 186 Å². The quantitative estimate of drug-likeness (QED) is 0.0261. The molecular formula is C67H118O6. The molecule has 1 atom stereocenters. The molecule has 6 heteroatoms. The van der Waals surface area contributed by atoms with Crippen LogP contribution in [-0.4, -0.2) is 37.2 Å². The predicted octanol–water partition coefficient (Wildman–Crippen LogP) is 21.3. The van der Waals surface area contributed by atoms with E-state index in [2.05, 4.69) is 93.7 Å². The Balaban J connectivity index is 4.06. The number of carbonyl (C=O) groups is 3. The number of rotatable bonds is 57. The van der Waals surface area contributed by atoms with Crippen LogP contribution >= 0.6 is 0 Å². The van der Waals surface area contributed by atoms with E-state index in [-0.39, 0.29) is 31.1 Å². The predicted molar refractivity (Wildman–Crippen MR) is 316 cm³/mol. The molecule has 6 nitrogen and oxygen atoms in total. The monoisotopic (exact) mass is 1020 g/mol. The summed E-state index contributed by atoms with van der Waals surface area (Å²) in [6.45, 7) is 6.51. The third-order valence-corrected chi connectivity index (χ3v) is 13.7. The number of hydrogen-bond acceptors (Lipinski definition) is 6. The molecule has 0 aromatic heterocycles. The Kier molecular flexibility index (Phi) is 58.7. The summed E-state index contributed by atoms with van der Waals surface area (Å²) < 4.78 is 16.8. The first-order chi connectivity index (χ1) is 36.0. The number of carbonyl (C=O) groups excluding carboxylic acids is 3. The molecule has 0 heterocycles. The van der Waals surface area contributed by atoms with Gasteiger partial charge in [-0.05, 0) is 89.9 Å². The number of esters is 3. The Labute approximate surface area is 453 Å². The lowest BCUT2D eigenvalue weighted by Gasteiger charge is -2.18. The number of ether oxygens (including phenoxy) is 3. The molecule has 0 aromatic rings. The molecule has 0 N–H and O–H groups in total. The van der Waals surface area contributed by atoms with Crippen LogP contribution in [0, 0.1) is 0 Å². The summed E-state index contributed by atoms with van der Waals surface area (Å²) in [6.07, 6.45) is 79.4. The van der Waals surface area contributed by atoms with Crippen LogP contribution in [-0.2, 0) is 28.6 Å². The average Bonchev–Trinajstić information content (AvgIpc) is 3.39. The zero-order valence-electron chi connectivity index (χ0n) is 48.4. The minimum atomic E-state index is -0.773. The maximum absolute atomic E-state index is 12.8. The van der Waals surface area contributed by atoms with Gasteiger partial charge in [-0.15, -0.1) is 0 Å². The van der Waals surface area contributed by atoms with Gasteiger partial charge in [0.2, 0.25) is 0 Å². The molecule has 0 aliphatic carbocycles. The van der Waals surface area contributed by atoms with Crippen molar-refractivity contribution in [3.8, 4) is 0 Å². The first-order valence-corrected chi connectivity index (χ1v) is 31.4. The molecule has 0 fully saturated rings. The highest BCUT2D eigenvalue weighted by molar-refractivity contribution is 5.71. The van der Waals surface area contributed by atoms with Gasteiger partial charge < -0.3 is 14.2 Å². The van der Waals surface area contributed by atoms with E-state index in [1.807, 2.05) is 0 Å². The fourth-order valence-electron chi connectivity index (χ4n) is 9.00. The molecule has 0 saturated carbocycles. The van der Waals surface area contributed by atoms with Crippen LogP contribution in [0.15, 0.2) is 72.9 Å². The second kappa shape index (κ2) is 61.4. The highest BCUT2D eigenvalue weighted by Crippen LogP contribution is 2.17. The average molecular weight is 1020 g/mol. The van der Waals surface area contributed by atoms with E-state index >= 15 is 0 Å². The maximum atomic E-state index is 12.8. The molecule has 0 saturated heterocycles. The normalized spacial score (nSPS) is 12.5. The Hall–Kier alpha value is -3.15. The zero-order valence-corrected chi connectivity index (χ0v) is 48.4. The summed E-state index contributed by atoms with van der Waals surface area (Å²) in [5.41, 5.74) is 0. The lowest BCUT2D eigenvalue weighted by molar-refractivity contribution is -0.167. The standard InChI is InChI=1S/C67H118O6/c1-4-7-10-13-16-18-20-22-24-26-27-28-29-30-31-32-33-34-35-36-37-38-39-41-42-44-46-48-51-54-57-60-66(69)72-63-64(62-71-65(68)59-56-53-50-15-12-9-6-3)73-67(70)61-58-55-52-49-47-45-43-40-25-23-21-19-17-14-11-8-5-2/h7,10,16,18,22-25,27-28,30-31,64H,4-6,8-9,11-15,17,19-21,26,29,32-63H2,1-3H3/b10-7-,18-16-,24-22-,25-23-,28-27-,31-30-. The molecule has 422 valence electrons. The lowest BCUT2D eigenvalue weighted by Crippen LogP contribution is -2.30. The summed E-state index contributed by atoms with van der Waals surface area (Å²) in [4.78, 5) is 38.0. The van der Waals surface area contributed by atoms with Crippen LogP contribution in [0.5, 0.6) is 0 Å². The van der Waals surface area contributed by atoms with Crippen molar-refractivity contribution in [2.45, 2.75) is 322 Å². The van der Waals surface area contributed by atoms with Gasteiger partial charge in [0, 0.05) is 19.3 Å². The zero-order chi connectivity index (χ0) is 52.9. The van der Waals surface area contributed by atoms with E-state index in [9.17, 15) is 14.4 Å². The molecule has 1 unspecified atom stereocenters. The highest BCUT2D eigenvalue weighted by atomic mass is 16.6. The van der Waals surface area contributed by atoms with Crippen molar-refractivity contribution in [2.75, 3.05) is 13.2 Å². The minimum Gasteiger partial charge on any atom is -0.462 e. The van der Waals surface area contributed by atoms with Gasteiger partial charge in [0.1, 0.15) is 13.2 Å². The maximum Gasteiger partial charge on any atom is 0.306 e. The van der Waals surface area contributed by atoms with Gasteiger partial charge in [-0.25, -0.2) is 0 Å². The SMILES string of the molecule is CC/C=C\C/C=C\C/C=C\C/C=C\C/C=C\CCCCCCCCCCCCCCCCCC(=O)OCC(COC(=O)CCCCCCCCC)OC(=O)CCCCCCCCC/C=C\CCCCCCCC. The largest absolute Gasteiger partial charge is 0.462 e. The van der Waals surface area contributed by atoms with Crippen LogP contribution in [0.1, 0.15) is 316 Å². The second-order valence-electron chi connectivity index (χ2n) is 20.9. The van der Waals surface area contributed by atoms with Crippen molar-refractivity contribution in [3.05, 3.63) is 72.9 Å². The minimum absolute atomic E-state index is 0.0734. The molecule has 0 rings (SSSR count). The summed E-state index contributed by atoms with van der Waals surface area (Å²) in [5.74, 6) is -0.872. The van der Waals surface area contributed by atoms with Crippen LogP contribution in [0.25, 0.3) is 0 Å². The fourth-order valence-corrected chi connectivity index (χ4v) is 9.00. The molecule has 0 aromatic carbocycles. The molecule has 0 aliphatic heterocycles. The molecule has 0 radical (unpaired) electrons. The first kappa shape index (κ1) is 69.8. The summed E-state index contributed by atoms with van der Waals surface area (Å²) in [7, 11) is 0. The lowest BCUT2D eigenvalue weighted by atomic mass is 10.0. The number of unbranched alkanes of at least 4 members (excludes halogenated alkanes) is 34. The summed E-state index contributed by atoms with van der Waals surface area (Å²) in [5, 5.41) is 0. The van der Waals surface area contributed by atoms with Crippen LogP contribution < -0.4 is 0 Å². The Morgan fingerprint density at radius 3 is 0.849 bits per heavy atom. The first-order valence-electron chi connectivity index (χ1n) is 31.4. The Morgan fingerprint density at radius 2 is 0.534 bits per heavy atom. The van der Waals surface area contributed by atoms with Crippen molar-refractivity contribution in [1.29, 1.82) is 0 Å². The van der Waals surface area contributed by atoms with Gasteiger partial charge in [0.25, 0.3) is 0 Å². The van der Waals surface area contributed by atoms with Gasteiger partial charge in [-0.1, -0.05) is 280 Å². The Morgan fingerprint density at radius 1 is 0.288 bits per heavy atom. The van der Waals surface area contributed by atoms with Gasteiger partial charge in [0.05, 0.1) is 0 Å². The molecule has 73 heavy (non-hydrogen) atoms.